The van der Waals surface area contributed by atoms with Crippen LogP contribution in [0, 0.1) is 5.82 Å². The Hall–Kier alpha value is -2.70. The Balaban J connectivity index is 1.74. The SMILES string of the molecule is CN(Cc1c(F)cccc1Cl)C(=O)c1cccc(NC(=O)c2cccs2)c1. The number of benzene rings is 2. The monoisotopic (exact) mass is 402 g/mol. The van der Waals surface area contributed by atoms with E-state index < -0.39 is 5.82 Å². The summed E-state index contributed by atoms with van der Waals surface area (Å²) in [5.41, 5.74) is 1.16. The quantitative estimate of drug-likeness (QED) is 0.648. The number of nitrogens with one attached hydrogen (secondary N) is 1. The highest BCUT2D eigenvalue weighted by atomic mass is 35.5. The van der Waals surface area contributed by atoms with Gasteiger partial charge in [-0.05, 0) is 41.8 Å². The molecule has 1 N–H and O–H groups in total. The van der Waals surface area contributed by atoms with Crippen molar-refractivity contribution >= 4 is 40.4 Å². The standard InChI is InChI=1S/C20H16ClFN2O2S/c1-24(12-15-16(21)7-3-8-17(15)22)20(26)13-5-2-6-14(11-13)23-19(25)18-9-4-10-27-18/h2-11H,12H2,1H3,(H,23,25). The highest BCUT2D eigenvalue weighted by Crippen LogP contribution is 2.22. The molecule has 2 aromatic carbocycles. The second-order valence-corrected chi connectivity index (χ2v) is 7.23. The van der Waals surface area contributed by atoms with Crippen LogP contribution in [0.15, 0.2) is 60.0 Å². The normalized spacial score (nSPS) is 10.5. The lowest BCUT2D eigenvalue weighted by atomic mass is 10.1. The van der Waals surface area contributed by atoms with Crippen molar-refractivity contribution in [2.45, 2.75) is 6.54 Å². The molecule has 3 rings (SSSR count). The number of hydrogen-bond acceptors (Lipinski definition) is 3. The Morgan fingerprint density at radius 1 is 1.15 bits per heavy atom. The summed E-state index contributed by atoms with van der Waals surface area (Å²) < 4.78 is 13.9. The molecule has 0 fully saturated rings. The summed E-state index contributed by atoms with van der Waals surface area (Å²) in [5, 5.41) is 4.85. The molecule has 1 aromatic heterocycles. The number of amides is 2. The molecule has 0 aliphatic carbocycles. The predicted molar refractivity (Wildman–Crippen MR) is 106 cm³/mol. The van der Waals surface area contributed by atoms with Crippen LogP contribution < -0.4 is 5.32 Å². The van der Waals surface area contributed by atoms with Crippen LogP contribution in [0.3, 0.4) is 0 Å². The first-order chi connectivity index (χ1) is 13.0. The van der Waals surface area contributed by atoms with Gasteiger partial charge in [-0.2, -0.15) is 0 Å². The molecule has 0 spiro atoms. The Morgan fingerprint density at radius 2 is 1.93 bits per heavy atom. The van der Waals surface area contributed by atoms with Gasteiger partial charge in [0.05, 0.1) is 4.88 Å². The molecule has 0 saturated heterocycles. The van der Waals surface area contributed by atoms with Gasteiger partial charge >= 0.3 is 0 Å². The van der Waals surface area contributed by atoms with Gasteiger partial charge in [0.2, 0.25) is 0 Å². The zero-order valence-electron chi connectivity index (χ0n) is 14.4. The van der Waals surface area contributed by atoms with Gasteiger partial charge in [0, 0.05) is 35.4 Å². The van der Waals surface area contributed by atoms with Gasteiger partial charge in [-0.3, -0.25) is 9.59 Å². The van der Waals surface area contributed by atoms with Crippen molar-refractivity contribution in [3.05, 3.63) is 86.8 Å². The molecule has 7 heteroatoms. The molecule has 0 saturated carbocycles. The molecule has 0 unspecified atom stereocenters. The largest absolute Gasteiger partial charge is 0.337 e. The zero-order chi connectivity index (χ0) is 19.4. The van der Waals surface area contributed by atoms with Gasteiger partial charge in [0.15, 0.2) is 0 Å². The minimum atomic E-state index is -0.459. The van der Waals surface area contributed by atoms with Crippen LogP contribution in [0.25, 0.3) is 0 Å². The summed E-state index contributed by atoms with van der Waals surface area (Å²) in [7, 11) is 1.57. The summed E-state index contributed by atoms with van der Waals surface area (Å²) in [6.45, 7) is 0.0378. The van der Waals surface area contributed by atoms with Crippen molar-refractivity contribution in [3.8, 4) is 0 Å². The molecule has 0 radical (unpaired) electrons. The smallest absolute Gasteiger partial charge is 0.265 e. The lowest BCUT2D eigenvalue weighted by molar-refractivity contribution is 0.0783. The number of anilines is 1. The fourth-order valence-corrected chi connectivity index (χ4v) is 3.38. The Labute approximate surface area is 165 Å². The third-order valence-corrected chi connectivity index (χ3v) is 5.14. The van der Waals surface area contributed by atoms with Gasteiger partial charge in [0.1, 0.15) is 5.82 Å². The van der Waals surface area contributed by atoms with Gasteiger partial charge in [-0.1, -0.05) is 29.8 Å². The maximum Gasteiger partial charge on any atom is 0.265 e. The van der Waals surface area contributed by atoms with Gasteiger partial charge in [-0.25, -0.2) is 4.39 Å². The maximum atomic E-state index is 13.9. The van der Waals surface area contributed by atoms with E-state index in [1.54, 1.807) is 49.5 Å². The summed E-state index contributed by atoms with van der Waals surface area (Å²) in [6, 6.07) is 14.5. The number of thiophene rings is 1. The number of halogens is 2. The predicted octanol–water partition coefficient (Wildman–Crippen LogP) is 5.07. The first-order valence-electron chi connectivity index (χ1n) is 8.09. The molecule has 0 aliphatic heterocycles. The van der Waals surface area contributed by atoms with Crippen LogP contribution in [0.4, 0.5) is 10.1 Å². The van der Waals surface area contributed by atoms with Crippen LogP contribution in [0.5, 0.6) is 0 Å². The average Bonchev–Trinajstić information content (AvgIpc) is 3.19. The minimum Gasteiger partial charge on any atom is -0.337 e. The molecule has 138 valence electrons. The van der Waals surface area contributed by atoms with Crippen molar-refractivity contribution in [2.24, 2.45) is 0 Å². The van der Waals surface area contributed by atoms with Crippen LogP contribution in [0.2, 0.25) is 5.02 Å². The van der Waals surface area contributed by atoms with Crippen LogP contribution in [-0.4, -0.2) is 23.8 Å². The second kappa shape index (κ2) is 8.33. The molecular weight excluding hydrogens is 387 g/mol. The van der Waals surface area contributed by atoms with E-state index in [0.717, 1.165) is 0 Å². The summed E-state index contributed by atoms with van der Waals surface area (Å²) >= 11 is 7.37. The highest BCUT2D eigenvalue weighted by molar-refractivity contribution is 7.12. The van der Waals surface area contributed by atoms with Gasteiger partial charge in [0.25, 0.3) is 11.8 Å². The van der Waals surface area contributed by atoms with E-state index in [1.165, 1.54) is 28.4 Å². The molecule has 0 bridgehead atoms. The number of carbonyl (C=O) groups excluding carboxylic acids is 2. The number of carbonyl (C=O) groups is 2. The third kappa shape index (κ3) is 4.53. The molecular formula is C20H16ClFN2O2S. The van der Waals surface area contributed by atoms with E-state index in [9.17, 15) is 14.0 Å². The molecule has 27 heavy (non-hydrogen) atoms. The number of nitrogens with zero attached hydrogens (tertiary/aromatic N) is 1. The highest BCUT2D eigenvalue weighted by Gasteiger charge is 2.17. The molecule has 2 amide bonds. The molecule has 0 aliphatic rings. The van der Waals surface area contributed by atoms with E-state index in [-0.39, 0.29) is 28.9 Å². The van der Waals surface area contributed by atoms with Crippen LogP contribution >= 0.6 is 22.9 Å². The van der Waals surface area contributed by atoms with Crippen molar-refractivity contribution in [1.29, 1.82) is 0 Å². The van der Waals surface area contributed by atoms with Crippen LogP contribution in [-0.2, 0) is 6.54 Å². The second-order valence-electron chi connectivity index (χ2n) is 5.87. The van der Waals surface area contributed by atoms with Crippen molar-refractivity contribution in [1.82, 2.24) is 4.90 Å². The van der Waals surface area contributed by atoms with E-state index in [4.69, 9.17) is 11.6 Å². The Kier molecular flexibility index (Phi) is 5.88. The summed E-state index contributed by atoms with van der Waals surface area (Å²) in [4.78, 5) is 26.8. The zero-order valence-corrected chi connectivity index (χ0v) is 16.0. The van der Waals surface area contributed by atoms with Gasteiger partial charge in [-0.15, -0.1) is 11.3 Å². The Bertz CT molecular complexity index is 956. The Morgan fingerprint density at radius 3 is 2.63 bits per heavy atom. The number of rotatable bonds is 5. The molecule has 3 aromatic rings. The first-order valence-corrected chi connectivity index (χ1v) is 9.34. The fourth-order valence-electron chi connectivity index (χ4n) is 2.54. The van der Waals surface area contributed by atoms with Crippen molar-refractivity contribution in [3.63, 3.8) is 0 Å². The van der Waals surface area contributed by atoms with Crippen molar-refractivity contribution < 1.29 is 14.0 Å². The maximum absolute atomic E-state index is 13.9. The first kappa shape index (κ1) is 19.1. The third-order valence-electron chi connectivity index (χ3n) is 3.92. The lowest BCUT2D eigenvalue weighted by Crippen LogP contribution is -2.27. The molecule has 1 heterocycles. The van der Waals surface area contributed by atoms with Crippen molar-refractivity contribution in [2.75, 3.05) is 12.4 Å². The van der Waals surface area contributed by atoms with E-state index in [1.807, 2.05) is 5.38 Å². The number of hydrogen-bond donors (Lipinski definition) is 1. The fraction of sp³-hybridized carbons (Fsp3) is 0.100. The summed E-state index contributed by atoms with van der Waals surface area (Å²) in [6.07, 6.45) is 0. The van der Waals surface area contributed by atoms with E-state index in [2.05, 4.69) is 5.32 Å². The molecule has 0 atom stereocenters. The summed E-state index contributed by atoms with van der Waals surface area (Å²) in [5.74, 6) is -0.998. The van der Waals surface area contributed by atoms with Crippen LogP contribution in [0.1, 0.15) is 25.6 Å². The lowest BCUT2D eigenvalue weighted by Gasteiger charge is -2.19. The van der Waals surface area contributed by atoms with E-state index in [0.29, 0.717) is 16.1 Å². The van der Waals surface area contributed by atoms with Gasteiger partial charge < -0.3 is 10.2 Å². The average molecular weight is 403 g/mol. The van der Waals surface area contributed by atoms with E-state index >= 15 is 0 Å². The topological polar surface area (TPSA) is 49.4 Å². The minimum absolute atomic E-state index is 0.0378. The molecule has 4 nitrogen and oxygen atoms in total.